The number of allylic oxidation sites excluding steroid dienone is 4. The van der Waals surface area contributed by atoms with Gasteiger partial charge in [-0.25, -0.2) is 4.79 Å². The molecule has 7 atom stereocenters. The van der Waals surface area contributed by atoms with Crippen molar-refractivity contribution in [1.82, 2.24) is 0 Å². The van der Waals surface area contributed by atoms with Crippen molar-refractivity contribution in [3.8, 4) is 0 Å². The highest BCUT2D eigenvalue weighted by Gasteiger charge is 2.62. The van der Waals surface area contributed by atoms with Crippen molar-refractivity contribution in [3.05, 3.63) is 34.9 Å². The van der Waals surface area contributed by atoms with Gasteiger partial charge in [-0.2, -0.15) is 0 Å². The Hall–Kier alpha value is -1.68. The molecule has 1 N–H and O–H groups in total. The Kier molecular flexibility index (Phi) is 4.92. The molecule has 0 amide bonds. The van der Waals surface area contributed by atoms with E-state index >= 15 is 0 Å². The Labute approximate surface area is 174 Å². The summed E-state index contributed by atoms with van der Waals surface area (Å²) in [5.74, 6) is -0.784. The number of carboxylic acids is 1. The second-order valence-electron chi connectivity index (χ2n) is 10.5. The zero-order valence-corrected chi connectivity index (χ0v) is 18.3. The smallest absolute Gasteiger partial charge is 0.332 e. The molecule has 0 aromatic carbocycles. The SMILES string of the molecule is CC(C)=C[C@H]1C[C@H](C)[C@]2(CC[C@]3(C)C[C@@H]4C(C)=CC(=O)[C@H]4/C(C(=O)O)=C\C[C@H]32)O1. The standard InChI is InChI=1S/C25H34O4/c1-14(2)10-17-12-16(4)25(29-17)9-8-24(5)13-19-15(3)11-20(26)22(19)18(23(27)28)6-7-21(24)25/h6,10-11,16-17,19,21-22H,7-9,12-13H2,1-5H3,(H,27,28)/b18-6+/t16-,17-,19+,21+,22-,24+,25-/m0/s1. The van der Waals surface area contributed by atoms with Crippen LogP contribution in [0, 0.1) is 29.1 Å². The van der Waals surface area contributed by atoms with E-state index in [1.807, 2.05) is 13.0 Å². The molecule has 0 aromatic rings. The normalized spacial score (nSPS) is 45.7. The minimum atomic E-state index is -0.949. The Morgan fingerprint density at radius 3 is 2.69 bits per heavy atom. The summed E-state index contributed by atoms with van der Waals surface area (Å²) in [6.45, 7) is 10.9. The van der Waals surface area contributed by atoms with E-state index in [2.05, 4.69) is 33.8 Å². The van der Waals surface area contributed by atoms with E-state index in [0.717, 1.165) is 31.3 Å². The molecule has 3 aliphatic carbocycles. The summed E-state index contributed by atoms with van der Waals surface area (Å²) >= 11 is 0. The van der Waals surface area contributed by atoms with E-state index in [4.69, 9.17) is 4.74 Å². The highest BCUT2D eigenvalue weighted by molar-refractivity contribution is 6.04. The van der Waals surface area contributed by atoms with Crippen LogP contribution in [0.4, 0.5) is 0 Å². The molecule has 1 saturated carbocycles. The number of aliphatic carboxylic acids is 1. The van der Waals surface area contributed by atoms with Crippen LogP contribution >= 0.6 is 0 Å². The predicted octanol–water partition coefficient (Wildman–Crippen LogP) is 5.10. The molecule has 1 saturated heterocycles. The van der Waals surface area contributed by atoms with Crippen molar-refractivity contribution in [2.75, 3.05) is 0 Å². The topological polar surface area (TPSA) is 63.6 Å². The lowest BCUT2D eigenvalue weighted by molar-refractivity contribution is -0.135. The van der Waals surface area contributed by atoms with Crippen LogP contribution in [0.5, 0.6) is 0 Å². The molecule has 4 heteroatoms. The lowest BCUT2D eigenvalue weighted by Crippen LogP contribution is -2.45. The summed E-state index contributed by atoms with van der Waals surface area (Å²) < 4.78 is 6.78. The molecular weight excluding hydrogens is 364 g/mol. The molecule has 4 aliphatic rings. The van der Waals surface area contributed by atoms with Crippen molar-refractivity contribution in [2.45, 2.75) is 78.4 Å². The Morgan fingerprint density at radius 2 is 2.03 bits per heavy atom. The van der Waals surface area contributed by atoms with Gasteiger partial charge >= 0.3 is 5.97 Å². The average Bonchev–Trinajstić information content (AvgIpc) is 3.14. The first-order valence-electron chi connectivity index (χ1n) is 11.1. The molecule has 29 heavy (non-hydrogen) atoms. The first-order valence-corrected chi connectivity index (χ1v) is 11.1. The molecule has 1 aliphatic heterocycles. The van der Waals surface area contributed by atoms with Gasteiger partial charge in [0, 0.05) is 5.57 Å². The van der Waals surface area contributed by atoms with E-state index in [-0.39, 0.29) is 34.7 Å². The van der Waals surface area contributed by atoms with Crippen LogP contribution < -0.4 is 0 Å². The summed E-state index contributed by atoms with van der Waals surface area (Å²) in [7, 11) is 0. The lowest BCUT2D eigenvalue weighted by atomic mass is 9.62. The van der Waals surface area contributed by atoms with Gasteiger partial charge in [0.25, 0.3) is 0 Å². The minimum Gasteiger partial charge on any atom is -0.478 e. The fourth-order valence-corrected chi connectivity index (χ4v) is 6.97. The number of rotatable bonds is 2. The molecule has 158 valence electrons. The summed E-state index contributed by atoms with van der Waals surface area (Å²) in [5, 5.41) is 9.88. The fourth-order valence-electron chi connectivity index (χ4n) is 6.97. The number of ether oxygens (including phenoxy) is 1. The molecule has 4 rings (SSSR count). The number of carbonyl (C=O) groups is 2. The van der Waals surface area contributed by atoms with Gasteiger partial charge in [0.2, 0.25) is 0 Å². The molecule has 0 aromatic heterocycles. The van der Waals surface area contributed by atoms with E-state index in [9.17, 15) is 14.7 Å². The van der Waals surface area contributed by atoms with Gasteiger partial charge in [0.15, 0.2) is 5.78 Å². The van der Waals surface area contributed by atoms with Crippen LogP contribution in [0.15, 0.2) is 34.9 Å². The summed E-state index contributed by atoms with van der Waals surface area (Å²) in [5.41, 5.74) is 2.47. The first kappa shape index (κ1) is 20.6. The second-order valence-corrected chi connectivity index (χ2v) is 10.5. The quantitative estimate of drug-likeness (QED) is 0.658. The lowest BCUT2D eigenvalue weighted by Gasteiger charge is -2.44. The number of fused-ring (bicyclic) bond motifs is 3. The number of hydrogen-bond acceptors (Lipinski definition) is 3. The molecule has 1 spiro atoms. The average molecular weight is 399 g/mol. The second kappa shape index (κ2) is 6.94. The Bertz CT molecular complexity index is 830. The van der Waals surface area contributed by atoms with E-state index in [0.29, 0.717) is 17.9 Å². The van der Waals surface area contributed by atoms with Gasteiger partial charge in [-0.1, -0.05) is 37.1 Å². The highest BCUT2D eigenvalue weighted by Crippen LogP contribution is 2.63. The molecule has 4 nitrogen and oxygen atoms in total. The zero-order chi connectivity index (χ0) is 21.1. The van der Waals surface area contributed by atoms with Crippen molar-refractivity contribution >= 4 is 11.8 Å². The number of carbonyl (C=O) groups excluding carboxylic acids is 1. The summed E-state index contributed by atoms with van der Waals surface area (Å²) in [6.07, 6.45) is 10.6. The summed E-state index contributed by atoms with van der Waals surface area (Å²) in [4.78, 5) is 24.7. The van der Waals surface area contributed by atoms with Crippen LogP contribution in [-0.4, -0.2) is 28.6 Å². The monoisotopic (exact) mass is 398 g/mol. The fraction of sp³-hybridized carbons (Fsp3) is 0.680. The minimum absolute atomic E-state index is 0.00177. The van der Waals surface area contributed by atoms with E-state index < -0.39 is 11.9 Å². The Balaban J connectivity index is 1.75. The third-order valence-corrected chi connectivity index (χ3v) is 8.33. The molecule has 0 radical (unpaired) electrons. The third-order valence-electron chi connectivity index (χ3n) is 8.33. The summed E-state index contributed by atoms with van der Waals surface area (Å²) in [6, 6.07) is 0. The van der Waals surface area contributed by atoms with Gasteiger partial charge in [-0.15, -0.1) is 0 Å². The van der Waals surface area contributed by atoms with Crippen molar-refractivity contribution in [3.63, 3.8) is 0 Å². The van der Waals surface area contributed by atoms with Crippen molar-refractivity contribution in [1.29, 1.82) is 0 Å². The maximum atomic E-state index is 12.6. The highest BCUT2D eigenvalue weighted by atomic mass is 16.5. The predicted molar refractivity (Wildman–Crippen MR) is 112 cm³/mol. The first-order chi connectivity index (χ1) is 13.6. The third kappa shape index (κ3) is 3.15. The maximum absolute atomic E-state index is 12.6. The van der Waals surface area contributed by atoms with Gasteiger partial charge in [-0.05, 0) is 82.1 Å². The van der Waals surface area contributed by atoms with Crippen molar-refractivity contribution in [2.24, 2.45) is 29.1 Å². The van der Waals surface area contributed by atoms with Crippen LogP contribution in [0.2, 0.25) is 0 Å². The van der Waals surface area contributed by atoms with Gasteiger partial charge in [0.05, 0.1) is 17.6 Å². The van der Waals surface area contributed by atoms with Crippen LogP contribution in [0.1, 0.15) is 66.7 Å². The van der Waals surface area contributed by atoms with Crippen LogP contribution in [0.3, 0.4) is 0 Å². The molecule has 0 unspecified atom stereocenters. The van der Waals surface area contributed by atoms with Crippen molar-refractivity contribution < 1.29 is 19.4 Å². The molecule has 0 bridgehead atoms. The van der Waals surface area contributed by atoms with Crippen LogP contribution in [0.25, 0.3) is 0 Å². The number of carboxylic acid groups (broad SMARTS) is 1. The van der Waals surface area contributed by atoms with Gasteiger partial charge < -0.3 is 9.84 Å². The Morgan fingerprint density at radius 1 is 1.31 bits per heavy atom. The zero-order valence-electron chi connectivity index (χ0n) is 18.3. The van der Waals surface area contributed by atoms with E-state index in [1.165, 1.54) is 5.57 Å². The largest absolute Gasteiger partial charge is 0.478 e. The maximum Gasteiger partial charge on any atom is 0.332 e. The van der Waals surface area contributed by atoms with Gasteiger partial charge in [-0.3, -0.25) is 4.79 Å². The molecule has 2 fully saturated rings. The molecular formula is C25H34O4. The van der Waals surface area contributed by atoms with E-state index in [1.54, 1.807) is 6.08 Å². The van der Waals surface area contributed by atoms with Gasteiger partial charge in [0.1, 0.15) is 0 Å². The molecule has 1 heterocycles. The number of hydrogen-bond donors (Lipinski definition) is 1. The van der Waals surface area contributed by atoms with Crippen LogP contribution in [-0.2, 0) is 14.3 Å². The number of ketones is 1.